The van der Waals surface area contributed by atoms with E-state index in [0.29, 0.717) is 0 Å². The van der Waals surface area contributed by atoms with Crippen LogP contribution in [-0.2, 0) is 6.42 Å². The molecule has 68 valence electrons. The Morgan fingerprint density at radius 1 is 1.31 bits per heavy atom. The highest BCUT2D eigenvalue weighted by molar-refractivity contribution is 5.36. The summed E-state index contributed by atoms with van der Waals surface area (Å²) in [6.07, 6.45) is 1.07. The lowest BCUT2D eigenvalue weighted by Crippen LogP contribution is -2.10. The maximum Gasteiger partial charge on any atom is 0.0639 e. The molecule has 2 N–H and O–H groups in total. The summed E-state index contributed by atoms with van der Waals surface area (Å²) >= 11 is 0. The van der Waals surface area contributed by atoms with Crippen LogP contribution in [-0.4, -0.2) is 6.04 Å². The second kappa shape index (κ2) is 4.69. The van der Waals surface area contributed by atoms with Gasteiger partial charge in [0.1, 0.15) is 0 Å². The molecule has 0 bridgehead atoms. The Morgan fingerprint density at radius 2 is 1.92 bits per heavy atom. The summed E-state index contributed by atoms with van der Waals surface area (Å²) in [6, 6.07) is 8.23. The Hall–Kier alpha value is -1.26. The van der Waals surface area contributed by atoms with Crippen LogP contribution in [0.25, 0.3) is 0 Å². The van der Waals surface area contributed by atoms with Crippen LogP contribution >= 0.6 is 0 Å². The van der Waals surface area contributed by atoms with E-state index in [1.54, 1.807) is 0 Å². The van der Waals surface area contributed by atoms with E-state index in [2.05, 4.69) is 30.9 Å². The molecular formula is C12H15N. The van der Waals surface area contributed by atoms with E-state index < -0.39 is 0 Å². The molecule has 1 aromatic carbocycles. The van der Waals surface area contributed by atoms with Gasteiger partial charge in [-0.2, -0.15) is 0 Å². The Kier molecular flexibility index (Phi) is 3.54. The first kappa shape index (κ1) is 9.83. The predicted octanol–water partition coefficient (Wildman–Crippen LogP) is 1.95. The lowest BCUT2D eigenvalue weighted by molar-refractivity contribution is 0.959. The third-order valence-corrected chi connectivity index (χ3v) is 1.81. The molecule has 0 radical (unpaired) electrons. The molecule has 0 saturated heterocycles. The third kappa shape index (κ3) is 3.31. The SMILES string of the molecule is CCc1ccc(C#CC(C)N)cc1. The molecule has 13 heavy (non-hydrogen) atoms. The Labute approximate surface area is 80.0 Å². The molecule has 0 aliphatic carbocycles. The van der Waals surface area contributed by atoms with Gasteiger partial charge >= 0.3 is 0 Å². The molecule has 0 heterocycles. The van der Waals surface area contributed by atoms with Gasteiger partial charge in [0.2, 0.25) is 0 Å². The van der Waals surface area contributed by atoms with Crippen molar-refractivity contribution < 1.29 is 0 Å². The average molecular weight is 173 g/mol. The molecule has 0 aliphatic heterocycles. The second-order valence-corrected chi connectivity index (χ2v) is 3.11. The molecule has 1 unspecified atom stereocenters. The van der Waals surface area contributed by atoms with Gasteiger partial charge in [0, 0.05) is 5.56 Å². The number of nitrogens with two attached hydrogens (primary N) is 1. The summed E-state index contributed by atoms with van der Waals surface area (Å²) in [5, 5.41) is 0. The van der Waals surface area contributed by atoms with E-state index in [1.807, 2.05) is 19.1 Å². The molecule has 1 aromatic rings. The van der Waals surface area contributed by atoms with Crippen molar-refractivity contribution in [2.24, 2.45) is 5.73 Å². The minimum absolute atomic E-state index is 0.0501. The minimum Gasteiger partial charge on any atom is -0.318 e. The maximum atomic E-state index is 5.52. The standard InChI is InChI=1S/C12H15N/c1-3-11-6-8-12(9-7-11)5-4-10(2)13/h6-10H,3,13H2,1-2H3. The largest absolute Gasteiger partial charge is 0.318 e. The monoisotopic (exact) mass is 173 g/mol. The summed E-state index contributed by atoms with van der Waals surface area (Å²) in [5.41, 5.74) is 7.90. The Balaban J connectivity index is 2.77. The van der Waals surface area contributed by atoms with Crippen molar-refractivity contribution in [1.82, 2.24) is 0 Å². The fourth-order valence-electron chi connectivity index (χ4n) is 1.02. The smallest absolute Gasteiger partial charge is 0.0639 e. The van der Waals surface area contributed by atoms with Gasteiger partial charge in [-0.1, -0.05) is 30.9 Å². The highest BCUT2D eigenvalue weighted by Gasteiger charge is 1.89. The highest BCUT2D eigenvalue weighted by Crippen LogP contribution is 2.03. The van der Waals surface area contributed by atoms with Crippen LogP contribution < -0.4 is 5.73 Å². The van der Waals surface area contributed by atoms with Gasteiger partial charge in [0.15, 0.2) is 0 Å². The number of hydrogen-bond donors (Lipinski definition) is 1. The van der Waals surface area contributed by atoms with E-state index in [1.165, 1.54) is 5.56 Å². The van der Waals surface area contributed by atoms with E-state index >= 15 is 0 Å². The lowest BCUT2D eigenvalue weighted by atomic mass is 10.1. The zero-order valence-corrected chi connectivity index (χ0v) is 8.17. The van der Waals surface area contributed by atoms with Crippen molar-refractivity contribution in [1.29, 1.82) is 0 Å². The zero-order valence-electron chi connectivity index (χ0n) is 8.17. The Bertz CT molecular complexity index is 311. The van der Waals surface area contributed by atoms with Crippen molar-refractivity contribution in [2.45, 2.75) is 26.3 Å². The van der Waals surface area contributed by atoms with Gasteiger partial charge in [-0.3, -0.25) is 0 Å². The normalized spacial score (nSPS) is 11.6. The first-order valence-electron chi connectivity index (χ1n) is 4.58. The van der Waals surface area contributed by atoms with Gasteiger partial charge < -0.3 is 5.73 Å². The molecule has 0 aliphatic rings. The number of hydrogen-bond acceptors (Lipinski definition) is 1. The van der Waals surface area contributed by atoms with E-state index in [4.69, 9.17) is 5.73 Å². The van der Waals surface area contributed by atoms with Gasteiger partial charge in [0.05, 0.1) is 6.04 Å². The molecule has 0 amide bonds. The molecule has 0 fully saturated rings. The fraction of sp³-hybridized carbons (Fsp3) is 0.333. The van der Waals surface area contributed by atoms with Crippen molar-refractivity contribution in [2.75, 3.05) is 0 Å². The van der Waals surface area contributed by atoms with E-state index in [9.17, 15) is 0 Å². The minimum atomic E-state index is -0.0501. The summed E-state index contributed by atoms with van der Waals surface area (Å²) in [4.78, 5) is 0. The van der Waals surface area contributed by atoms with Crippen molar-refractivity contribution in [3.63, 3.8) is 0 Å². The third-order valence-electron chi connectivity index (χ3n) is 1.81. The molecule has 1 nitrogen and oxygen atoms in total. The average Bonchev–Trinajstić information content (AvgIpc) is 2.15. The summed E-state index contributed by atoms with van der Waals surface area (Å²) in [7, 11) is 0. The van der Waals surface area contributed by atoms with E-state index in [0.717, 1.165) is 12.0 Å². The maximum absolute atomic E-state index is 5.52. The topological polar surface area (TPSA) is 26.0 Å². The molecule has 1 atom stereocenters. The van der Waals surface area contributed by atoms with Crippen molar-refractivity contribution in [3.05, 3.63) is 35.4 Å². The molecule has 1 rings (SSSR count). The summed E-state index contributed by atoms with van der Waals surface area (Å²) < 4.78 is 0. The van der Waals surface area contributed by atoms with Crippen LogP contribution in [0.2, 0.25) is 0 Å². The first-order valence-corrected chi connectivity index (χ1v) is 4.58. The fourth-order valence-corrected chi connectivity index (χ4v) is 1.02. The van der Waals surface area contributed by atoms with Gasteiger partial charge in [-0.15, -0.1) is 0 Å². The molecule has 0 saturated carbocycles. The van der Waals surface area contributed by atoms with Crippen LogP contribution in [0.4, 0.5) is 0 Å². The van der Waals surface area contributed by atoms with Crippen LogP contribution in [0.15, 0.2) is 24.3 Å². The number of rotatable bonds is 1. The lowest BCUT2D eigenvalue weighted by Gasteiger charge is -1.95. The van der Waals surface area contributed by atoms with Crippen molar-refractivity contribution in [3.8, 4) is 11.8 Å². The predicted molar refractivity (Wildman–Crippen MR) is 56.3 cm³/mol. The van der Waals surface area contributed by atoms with Gasteiger partial charge in [-0.25, -0.2) is 0 Å². The van der Waals surface area contributed by atoms with Gasteiger partial charge in [0.25, 0.3) is 0 Å². The van der Waals surface area contributed by atoms with Gasteiger partial charge in [-0.05, 0) is 31.0 Å². The number of benzene rings is 1. The second-order valence-electron chi connectivity index (χ2n) is 3.11. The first-order chi connectivity index (χ1) is 6.22. The Morgan fingerprint density at radius 3 is 2.38 bits per heavy atom. The van der Waals surface area contributed by atoms with E-state index in [-0.39, 0.29) is 6.04 Å². The van der Waals surface area contributed by atoms with Crippen LogP contribution in [0, 0.1) is 11.8 Å². The zero-order chi connectivity index (χ0) is 9.68. The number of aryl methyl sites for hydroxylation is 1. The van der Waals surface area contributed by atoms with Crippen molar-refractivity contribution >= 4 is 0 Å². The quantitative estimate of drug-likeness (QED) is 0.645. The highest BCUT2D eigenvalue weighted by atomic mass is 14.6. The van der Waals surface area contributed by atoms with Crippen LogP contribution in [0.1, 0.15) is 25.0 Å². The van der Waals surface area contributed by atoms with Crippen LogP contribution in [0.3, 0.4) is 0 Å². The molecule has 1 heteroatoms. The summed E-state index contributed by atoms with van der Waals surface area (Å²) in [5.74, 6) is 5.95. The molecular weight excluding hydrogens is 158 g/mol. The molecule has 0 aromatic heterocycles. The van der Waals surface area contributed by atoms with Crippen LogP contribution in [0.5, 0.6) is 0 Å². The molecule has 0 spiro atoms. The summed E-state index contributed by atoms with van der Waals surface area (Å²) in [6.45, 7) is 4.02.